The second-order valence-corrected chi connectivity index (χ2v) is 10.3. The van der Waals surface area contributed by atoms with E-state index in [2.05, 4.69) is 56.4 Å². The Hall–Kier alpha value is -2.90. The van der Waals surface area contributed by atoms with Crippen LogP contribution >= 0.6 is 11.3 Å². The van der Waals surface area contributed by atoms with Gasteiger partial charge in [-0.25, -0.2) is 0 Å². The molecule has 0 unspecified atom stereocenters. The fourth-order valence-electron chi connectivity index (χ4n) is 3.17. The van der Waals surface area contributed by atoms with Crippen molar-refractivity contribution in [1.82, 2.24) is 4.57 Å². The fraction of sp³-hybridized carbons (Fsp3) is 0.500. The van der Waals surface area contributed by atoms with Crippen molar-refractivity contribution in [3.05, 3.63) is 45.2 Å². The molecule has 1 aliphatic carbocycles. The van der Waals surface area contributed by atoms with Crippen LogP contribution in [0, 0.1) is 28.7 Å². The third kappa shape index (κ3) is 5.62. The lowest BCUT2D eigenvalue weighted by molar-refractivity contribution is 0.120. The van der Waals surface area contributed by atoms with Gasteiger partial charge in [0.05, 0.1) is 23.3 Å². The van der Waals surface area contributed by atoms with E-state index < -0.39 is 0 Å². The zero-order valence-corrected chi connectivity index (χ0v) is 19.7. The van der Waals surface area contributed by atoms with Crippen molar-refractivity contribution in [3.63, 3.8) is 0 Å². The molecule has 31 heavy (non-hydrogen) atoms. The highest BCUT2D eigenvalue weighted by Crippen LogP contribution is 2.29. The van der Waals surface area contributed by atoms with E-state index >= 15 is 0 Å². The Morgan fingerprint density at radius 1 is 1.29 bits per heavy atom. The van der Waals surface area contributed by atoms with Crippen LogP contribution in [0.4, 0.5) is 0 Å². The summed E-state index contributed by atoms with van der Waals surface area (Å²) in [5, 5.41) is 18.8. The summed E-state index contributed by atoms with van der Waals surface area (Å²) in [4.78, 5) is 10.8. The number of hydrogen-bond acceptors (Lipinski definition) is 5. The van der Waals surface area contributed by atoms with Gasteiger partial charge in [0, 0.05) is 17.6 Å². The molecular formula is C24H29N5OS. The van der Waals surface area contributed by atoms with Gasteiger partial charge in [-0.15, -0.1) is 11.3 Å². The minimum Gasteiger partial charge on any atom is -0.490 e. The maximum absolute atomic E-state index is 9.40. The van der Waals surface area contributed by atoms with Crippen molar-refractivity contribution < 1.29 is 4.74 Å². The molecule has 1 saturated carbocycles. The normalized spacial score (nSPS) is 15.5. The molecule has 1 aromatic heterocycles. The van der Waals surface area contributed by atoms with Gasteiger partial charge in [0.25, 0.3) is 0 Å². The van der Waals surface area contributed by atoms with Crippen LogP contribution in [0.25, 0.3) is 0 Å². The molecule has 1 aliphatic rings. The van der Waals surface area contributed by atoms with Crippen LogP contribution in [0.5, 0.6) is 5.75 Å². The molecule has 7 heteroatoms. The molecule has 6 nitrogen and oxygen atoms in total. The predicted molar refractivity (Wildman–Crippen MR) is 123 cm³/mol. The van der Waals surface area contributed by atoms with E-state index in [0.717, 1.165) is 30.6 Å². The Morgan fingerprint density at radius 3 is 2.58 bits per heavy atom. The fourth-order valence-corrected chi connectivity index (χ4v) is 4.23. The summed E-state index contributed by atoms with van der Waals surface area (Å²) in [7, 11) is 0. The van der Waals surface area contributed by atoms with E-state index in [0.29, 0.717) is 22.8 Å². The number of hydrogen-bond donors (Lipinski definition) is 0. The van der Waals surface area contributed by atoms with E-state index in [-0.39, 0.29) is 17.4 Å². The van der Waals surface area contributed by atoms with Crippen molar-refractivity contribution in [3.8, 4) is 18.0 Å². The summed E-state index contributed by atoms with van der Waals surface area (Å²) in [5.41, 5.74) is 1.05. The van der Waals surface area contributed by atoms with Crippen molar-refractivity contribution >= 4 is 17.2 Å². The largest absolute Gasteiger partial charge is 0.490 e. The second kappa shape index (κ2) is 9.49. The van der Waals surface area contributed by atoms with Gasteiger partial charge in [-0.2, -0.15) is 20.5 Å². The standard InChI is InChI=1S/C24H29N5OS/c1-16(2)13-29-14-21(24(3,4)5)31-23(29)28-22(27-15-26)19-11-17(12-25)9-10-20(19)30-18-7-6-8-18/h9-11,14,16,18H,6-8,13H2,1-5H3/b27-22+,28-23-. The Kier molecular flexibility index (Phi) is 6.97. The quantitative estimate of drug-likeness (QED) is 0.370. The Labute approximate surface area is 188 Å². The topological polar surface area (TPSA) is 86.5 Å². The van der Waals surface area contributed by atoms with Crippen LogP contribution in [-0.2, 0) is 12.0 Å². The van der Waals surface area contributed by atoms with E-state index in [9.17, 15) is 10.5 Å². The lowest BCUT2D eigenvalue weighted by Crippen LogP contribution is -2.25. The Bertz CT molecular complexity index is 1110. The summed E-state index contributed by atoms with van der Waals surface area (Å²) in [6, 6.07) is 7.38. The number of aromatic nitrogens is 1. The molecule has 1 aromatic carbocycles. The molecule has 0 amide bonds. The maximum Gasteiger partial charge on any atom is 0.207 e. The van der Waals surface area contributed by atoms with Gasteiger partial charge in [-0.3, -0.25) is 0 Å². The number of amidine groups is 1. The summed E-state index contributed by atoms with van der Waals surface area (Å²) >= 11 is 1.60. The predicted octanol–water partition coefficient (Wildman–Crippen LogP) is 5.13. The number of rotatable bonds is 5. The summed E-state index contributed by atoms with van der Waals surface area (Å²) in [5.74, 6) is 1.33. The first-order valence-electron chi connectivity index (χ1n) is 10.6. The van der Waals surface area contributed by atoms with Gasteiger partial charge in [-0.05, 0) is 48.8 Å². The van der Waals surface area contributed by atoms with E-state index in [1.54, 1.807) is 29.5 Å². The molecule has 3 rings (SSSR count). The number of thiazole rings is 1. The summed E-state index contributed by atoms with van der Waals surface area (Å²) in [6.45, 7) is 11.7. The molecular weight excluding hydrogens is 406 g/mol. The highest BCUT2D eigenvalue weighted by Gasteiger charge is 2.23. The first-order chi connectivity index (χ1) is 14.7. The molecule has 0 aliphatic heterocycles. The van der Waals surface area contributed by atoms with Crippen molar-refractivity contribution in [1.29, 1.82) is 10.5 Å². The van der Waals surface area contributed by atoms with Gasteiger partial charge in [0.1, 0.15) is 5.75 Å². The van der Waals surface area contributed by atoms with Crippen LogP contribution < -0.4 is 9.54 Å². The third-order valence-electron chi connectivity index (χ3n) is 5.07. The Morgan fingerprint density at radius 2 is 2.03 bits per heavy atom. The average Bonchev–Trinajstić information content (AvgIpc) is 3.06. The van der Waals surface area contributed by atoms with Crippen molar-refractivity contribution in [2.24, 2.45) is 15.9 Å². The molecule has 0 saturated heterocycles. The molecule has 0 bridgehead atoms. The maximum atomic E-state index is 9.40. The van der Waals surface area contributed by atoms with Gasteiger partial charge in [0.2, 0.25) is 6.19 Å². The zero-order chi connectivity index (χ0) is 22.6. The zero-order valence-electron chi connectivity index (χ0n) is 18.8. The van der Waals surface area contributed by atoms with E-state index in [4.69, 9.17) is 9.73 Å². The number of benzene rings is 1. The molecule has 162 valence electrons. The SMILES string of the molecule is CC(C)Cn1cc(C(C)(C)C)s/c1=N\C(=N\C#N)c1cc(C#N)ccc1OC1CCC1. The summed E-state index contributed by atoms with van der Waals surface area (Å²) in [6.07, 6.45) is 7.36. The van der Waals surface area contributed by atoms with Crippen LogP contribution in [-0.4, -0.2) is 16.5 Å². The molecule has 2 aromatic rings. The monoisotopic (exact) mass is 435 g/mol. The Balaban J connectivity index is 2.15. The van der Waals surface area contributed by atoms with Crippen LogP contribution in [0.1, 0.15) is 69.9 Å². The smallest absolute Gasteiger partial charge is 0.207 e. The minimum atomic E-state index is -0.0110. The number of ether oxygens (including phenoxy) is 1. The van der Waals surface area contributed by atoms with Gasteiger partial charge in [-0.1, -0.05) is 34.6 Å². The number of nitriles is 2. The van der Waals surface area contributed by atoms with Gasteiger partial charge < -0.3 is 9.30 Å². The van der Waals surface area contributed by atoms with Gasteiger partial charge >= 0.3 is 0 Å². The first kappa shape index (κ1) is 22.8. The second-order valence-electron chi connectivity index (χ2n) is 9.31. The highest BCUT2D eigenvalue weighted by atomic mass is 32.1. The lowest BCUT2D eigenvalue weighted by atomic mass is 9.95. The van der Waals surface area contributed by atoms with Crippen LogP contribution in [0.2, 0.25) is 0 Å². The van der Waals surface area contributed by atoms with Crippen LogP contribution in [0.3, 0.4) is 0 Å². The van der Waals surface area contributed by atoms with Gasteiger partial charge in [0.15, 0.2) is 10.6 Å². The van der Waals surface area contributed by atoms with Crippen molar-refractivity contribution in [2.45, 2.75) is 71.9 Å². The highest BCUT2D eigenvalue weighted by molar-refractivity contribution is 7.09. The summed E-state index contributed by atoms with van der Waals surface area (Å²) < 4.78 is 8.27. The average molecular weight is 436 g/mol. The van der Waals surface area contributed by atoms with Crippen LogP contribution in [0.15, 0.2) is 34.4 Å². The molecule has 1 heterocycles. The molecule has 1 fully saturated rings. The first-order valence-corrected chi connectivity index (χ1v) is 11.5. The minimum absolute atomic E-state index is 0.0110. The molecule has 0 radical (unpaired) electrons. The third-order valence-corrected chi connectivity index (χ3v) is 6.52. The van der Waals surface area contributed by atoms with Crippen molar-refractivity contribution in [2.75, 3.05) is 0 Å². The lowest BCUT2D eigenvalue weighted by Gasteiger charge is -2.27. The van der Waals surface area contributed by atoms with E-state index in [1.807, 2.05) is 6.19 Å². The van der Waals surface area contributed by atoms with E-state index in [1.165, 1.54) is 4.88 Å². The number of aliphatic imine (C=N–C) groups is 1. The molecule has 0 spiro atoms. The number of nitrogens with zero attached hydrogens (tertiary/aromatic N) is 5. The molecule has 0 atom stereocenters. The molecule has 0 N–H and O–H groups in total.